The van der Waals surface area contributed by atoms with Gasteiger partial charge in [0.1, 0.15) is 5.60 Å². The third-order valence-electron chi connectivity index (χ3n) is 6.83. The number of rotatable bonds is 3. The van der Waals surface area contributed by atoms with Gasteiger partial charge in [-0.3, -0.25) is 0 Å². The van der Waals surface area contributed by atoms with Crippen molar-refractivity contribution in [3.8, 4) is 0 Å². The van der Waals surface area contributed by atoms with Crippen LogP contribution >= 0.6 is 0 Å². The van der Waals surface area contributed by atoms with Gasteiger partial charge in [-0.25, -0.2) is 4.79 Å². The summed E-state index contributed by atoms with van der Waals surface area (Å²) in [5.74, 6) is 0.643. The third-order valence-corrected chi connectivity index (χ3v) is 6.83. The Morgan fingerprint density at radius 1 is 1.00 bits per heavy atom. The lowest BCUT2D eigenvalue weighted by Gasteiger charge is -2.37. The van der Waals surface area contributed by atoms with Gasteiger partial charge in [0, 0.05) is 31.9 Å². The van der Waals surface area contributed by atoms with Crippen molar-refractivity contribution in [1.82, 2.24) is 4.90 Å². The molecule has 1 aliphatic carbocycles. The Kier molecular flexibility index (Phi) is 5.58. The summed E-state index contributed by atoms with van der Waals surface area (Å²) in [6.07, 6.45) is 2.27. The van der Waals surface area contributed by atoms with Crippen molar-refractivity contribution in [3.05, 3.63) is 23.8 Å². The predicted octanol–water partition coefficient (Wildman–Crippen LogP) is 3.92. The van der Waals surface area contributed by atoms with E-state index >= 15 is 0 Å². The molecule has 31 heavy (non-hydrogen) atoms. The average Bonchev–Trinajstić information content (AvgIpc) is 3.47. The van der Waals surface area contributed by atoms with Gasteiger partial charge in [0.25, 0.3) is 0 Å². The van der Waals surface area contributed by atoms with Gasteiger partial charge in [-0.2, -0.15) is 0 Å². The van der Waals surface area contributed by atoms with Crippen LogP contribution in [0.25, 0.3) is 0 Å². The van der Waals surface area contributed by atoms with Crippen molar-refractivity contribution < 1.29 is 18.8 Å². The molecule has 7 heteroatoms. The minimum Gasteiger partial charge on any atom is -0.444 e. The van der Waals surface area contributed by atoms with Gasteiger partial charge in [-0.1, -0.05) is 6.07 Å². The molecule has 0 radical (unpaired) electrons. The lowest BCUT2D eigenvalue weighted by atomic mass is 9.77. The van der Waals surface area contributed by atoms with E-state index in [9.17, 15) is 4.79 Å². The fraction of sp³-hybridized carbons (Fsp3) is 0.708. The SMILES string of the molecule is CC(C)(C)OC(=O)N1CCN(c2cc(B3OC(C)(C)C(C)(C)O3)cc(C3CC3)c2)CC1. The van der Waals surface area contributed by atoms with Gasteiger partial charge in [-0.05, 0) is 90.4 Å². The molecule has 2 saturated heterocycles. The molecule has 0 aromatic heterocycles. The monoisotopic (exact) mass is 428 g/mol. The number of benzene rings is 1. The molecule has 0 N–H and O–H groups in total. The van der Waals surface area contributed by atoms with Gasteiger partial charge in [0.05, 0.1) is 11.2 Å². The van der Waals surface area contributed by atoms with Crippen molar-refractivity contribution in [2.75, 3.05) is 31.1 Å². The Labute approximate surface area is 187 Å². The van der Waals surface area contributed by atoms with Gasteiger partial charge in [0.2, 0.25) is 0 Å². The average molecular weight is 428 g/mol. The minimum absolute atomic E-state index is 0.225. The summed E-state index contributed by atoms with van der Waals surface area (Å²) >= 11 is 0. The molecule has 170 valence electrons. The molecule has 0 spiro atoms. The summed E-state index contributed by atoms with van der Waals surface area (Å²) in [6.45, 7) is 17.0. The molecule has 6 nitrogen and oxygen atoms in total. The lowest BCUT2D eigenvalue weighted by molar-refractivity contribution is 0.00578. The fourth-order valence-corrected chi connectivity index (χ4v) is 4.08. The standard InChI is InChI=1S/C24H37BN2O4/c1-22(2,3)29-21(28)27-12-10-26(11-13-27)20-15-18(17-8-9-17)14-19(16-20)25-30-23(4,5)24(6,7)31-25/h14-17H,8-13H2,1-7H3. The van der Waals surface area contributed by atoms with Crippen LogP contribution in [0.2, 0.25) is 0 Å². The maximum absolute atomic E-state index is 12.4. The Hall–Kier alpha value is -1.73. The third kappa shape index (κ3) is 4.88. The number of hydrogen-bond acceptors (Lipinski definition) is 5. The number of hydrogen-bond donors (Lipinski definition) is 0. The molecule has 0 bridgehead atoms. The largest absolute Gasteiger partial charge is 0.494 e. The maximum atomic E-state index is 12.4. The highest BCUT2D eigenvalue weighted by Gasteiger charge is 2.52. The van der Waals surface area contributed by atoms with Crippen molar-refractivity contribution in [2.45, 2.75) is 84.0 Å². The van der Waals surface area contributed by atoms with Crippen molar-refractivity contribution >= 4 is 24.4 Å². The quantitative estimate of drug-likeness (QED) is 0.684. The van der Waals surface area contributed by atoms with Crippen molar-refractivity contribution in [1.29, 1.82) is 0 Å². The second-order valence-electron chi connectivity index (χ2n) is 11.2. The van der Waals surface area contributed by atoms with Gasteiger partial charge >= 0.3 is 13.2 Å². The number of piperazine rings is 1. The second-order valence-corrected chi connectivity index (χ2v) is 11.2. The van der Waals surface area contributed by atoms with E-state index in [1.165, 1.54) is 24.1 Å². The first-order valence-corrected chi connectivity index (χ1v) is 11.6. The highest BCUT2D eigenvalue weighted by Crippen LogP contribution is 2.42. The molecule has 4 rings (SSSR count). The zero-order valence-electron chi connectivity index (χ0n) is 20.2. The molecule has 1 aromatic carbocycles. The van der Waals surface area contributed by atoms with E-state index in [2.05, 4.69) is 50.8 Å². The van der Waals surface area contributed by atoms with Gasteiger partial charge in [0.15, 0.2) is 0 Å². The Balaban J connectivity index is 1.50. The molecule has 3 aliphatic rings. The molecule has 1 aromatic rings. The molecule has 0 atom stereocenters. The lowest BCUT2D eigenvalue weighted by Crippen LogP contribution is -2.50. The Morgan fingerprint density at radius 3 is 2.10 bits per heavy atom. The van der Waals surface area contributed by atoms with Crippen LogP contribution in [0.5, 0.6) is 0 Å². The minimum atomic E-state index is -0.468. The number of nitrogens with zero attached hydrogens (tertiary/aromatic N) is 2. The number of ether oxygens (including phenoxy) is 1. The molecule has 3 fully saturated rings. The molecular weight excluding hydrogens is 391 g/mol. The molecule has 2 aliphatic heterocycles. The normalized spacial score (nSPS) is 23.3. The van der Waals surface area contributed by atoms with Crippen LogP contribution in [-0.2, 0) is 14.0 Å². The highest BCUT2D eigenvalue weighted by atomic mass is 16.7. The summed E-state index contributed by atoms with van der Waals surface area (Å²) in [5, 5.41) is 0. The van der Waals surface area contributed by atoms with Crippen molar-refractivity contribution in [3.63, 3.8) is 0 Å². The van der Waals surface area contributed by atoms with E-state index in [1.807, 2.05) is 25.7 Å². The van der Waals surface area contributed by atoms with E-state index < -0.39 is 5.60 Å². The number of carbonyl (C=O) groups excluding carboxylic acids is 1. The zero-order valence-corrected chi connectivity index (χ0v) is 20.2. The van der Waals surface area contributed by atoms with Crippen LogP contribution in [0, 0.1) is 0 Å². The molecule has 0 unspecified atom stereocenters. The number of anilines is 1. The van der Waals surface area contributed by atoms with E-state index in [0.717, 1.165) is 18.6 Å². The summed E-state index contributed by atoms with van der Waals surface area (Å²) in [5.41, 5.74) is 2.48. The van der Waals surface area contributed by atoms with E-state index in [0.29, 0.717) is 19.0 Å². The molecule has 1 amide bonds. The maximum Gasteiger partial charge on any atom is 0.494 e. The zero-order chi connectivity index (χ0) is 22.6. The highest BCUT2D eigenvalue weighted by molar-refractivity contribution is 6.62. The summed E-state index contributed by atoms with van der Waals surface area (Å²) in [7, 11) is -0.356. The number of amides is 1. The van der Waals surface area contributed by atoms with Gasteiger partial charge in [-0.15, -0.1) is 0 Å². The van der Waals surface area contributed by atoms with Crippen LogP contribution in [0.4, 0.5) is 10.5 Å². The van der Waals surface area contributed by atoms with E-state index in [1.54, 1.807) is 0 Å². The van der Waals surface area contributed by atoms with Crippen LogP contribution in [0.1, 0.15) is 72.8 Å². The van der Waals surface area contributed by atoms with Crippen LogP contribution in [-0.4, -0.2) is 61.1 Å². The first-order valence-electron chi connectivity index (χ1n) is 11.6. The molecule has 1 saturated carbocycles. The summed E-state index contributed by atoms with van der Waals surface area (Å²) < 4.78 is 18.2. The smallest absolute Gasteiger partial charge is 0.444 e. The fourth-order valence-electron chi connectivity index (χ4n) is 4.08. The predicted molar refractivity (Wildman–Crippen MR) is 124 cm³/mol. The Morgan fingerprint density at radius 2 is 1.58 bits per heavy atom. The summed E-state index contributed by atoms with van der Waals surface area (Å²) in [6, 6.07) is 6.78. The van der Waals surface area contributed by atoms with Crippen LogP contribution in [0.3, 0.4) is 0 Å². The first-order chi connectivity index (χ1) is 14.3. The van der Waals surface area contributed by atoms with Crippen LogP contribution < -0.4 is 10.4 Å². The van der Waals surface area contributed by atoms with E-state index in [4.69, 9.17) is 14.0 Å². The van der Waals surface area contributed by atoms with Crippen LogP contribution in [0.15, 0.2) is 18.2 Å². The van der Waals surface area contributed by atoms with E-state index in [-0.39, 0.29) is 24.4 Å². The topological polar surface area (TPSA) is 51.2 Å². The van der Waals surface area contributed by atoms with Crippen molar-refractivity contribution in [2.24, 2.45) is 0 Å². The second kappa shape index (κ2) is 7.70. The summed E-state index contributed by atoms with van der Waals surface area (Å²) in [4.78, 5) is 16.6. The number of carbonyl (C=O) groups is 1. The molecular formula is C24H37BN2O4. The van der Waals surface area contributed by atoms with Gasteiger partial charge < -0.3 is 23.8 Å². The Bertz CT molecular complexity index is 820. The molecule has 2 heterocycles. The first kappa shape index (κ1) is 22.5.